The predicted molar refractivity (Wildman–Crippen MR) is 98.9 cm³/mol. The van der Waals surface area contributed by atoms with Crippen molar-refractivity contribution in [1.82, 2.24) is 4.98 Å². The number of benzene rings is 2. The summed E-state index contributed by atoms with van der Waals surface area (Å²) in [5, 5.41) is 1.87. The van der Waals surface area contributed by atoms with Crippen LogP contribution in [0.2, 0.25) is 5.02 Å². The Morgan fingerprint density at radius 2 is 2.08 bits per heavy atom. The van der Waals surface area contributed by atoms with E-state index in [1.165, 1.54) is 4.90 Å². The van der Waals surface area contributed by atoms with Gasteiger partial charge in [0.25, 0.3) is 0 Å². The van der Waals surface area contributed by atoms with Crippen molar-refractivity contribution in [2.24, 2.45) is 0 Å². The maximum atomic E-state index is 11.7. The van der Waals surface area contributed by atoms with Crippen molar-refractivity contribution in [3.05, 3.63) is 58.7 Å². The van der Waals surface area contributed by atoms with Gasteiger partial charge in [0.15, 0.2) is 0 Å². The molecule has 0 aliphatic rings. The van der Waals surface area contributed by atoms with Crippen molar-refractivity contribution < 1.29 is 9.53 Å². The van der Waals surface area contributed by atoms with Gasteiger partial charge in [-0.3, -0.25) is 4.79 Å². The van der Waals surface area contributed by atoms with Gasteiger partial charge in [0, 0.05) is 31.4 Å². The minimum atomic E-state index is -0.197. The molecule has 1 heterocycles. The molecule has 24 heavy (non-hydrogen) atoms. The van der Waals surface area contributed by atoms with Gasteiger partial charge in [-0.15, -0.1) is 0 Å². The molecule has 0 aliphatic heterocycles. The van der Waals surface area contributed by atoms with Crippen LogP contribution >= 0.6 is 23.4 Å². The van der Waals surface area contributed by atoms with E-state index in [9.17, 15) is 4.79 Å². The van der Waals surface area contributed by atoms with Crippen LogP contribution in [-0.2, 0) is 16.0 Å². The Morgan fingerprint density at radius 1 is 1.25 bits per heavy atom. The molecular formula is C19H18ClNO2S. The Kier molecular flexibility index (Phi) is 5.17. The molecule has 1 N–H and O–H groups in total. The molecule has 0 fully saturated rings. The van der Waals surface area contributed by atoms with Crippen LogP contribution in [0.15, 0.2) is 52.3 Å². The fourth-order valence-electron chi connectivity index (χ4n) is 2.63. The number of aromatic nitrogens is 1. The van der Waals surface area contributed by atoms with Crippen molar-refractivity contribution >= 4 is 40.2 Å². The van der Waals surface area contributed by atoms with E-state index in [2.05, 4.69) is 11.9 Å². The first kappa shape index (κ1) is 16.9. The van der Waals surface area contributed by atoms with Crippen LogP contribution in [0.4, 0.5) is 0 Å². The summed E-state index contributed by atoms with van der Waals surface area (Å²) in [4.78, 5) is 17.3. The Bertz CT molecular complexity index is 888. The number of aryl methyl sites for hydroxylation is 1. The minimum Gasteiger partial charge on any atom is -0.466 e. The van der Waals surface area contributed by atoms with Gasteiger partial charge in [0.2, 0.25) is 0 Å². The zero-order chi connectivity index (χ0) is 17.1. The third-order valence-electron chi connectivity index (χ3n) is 3.66. The summed E-state index contributed by atoms with van der Waals surface area (Å²) in [5.41, 5.74) is 3.09. The van der Waals surface area contributed by atoms with E-state index in [0.717, 1.165) is 32.1 Å². The van der Waals surface area contributed by atoms with Crippen molar-refractivity contribution in [2.75, 3.05) is 6.61 Å². The molecule has 0 amide bonds. The number of esters is 1. The molecular weight excluding hydrogens is 342 g/mol. The number of hydrogen-bond donors (Lipinski definition) is 1. The third-order valence-corrected chi connectivity index (χ3v) is 5.12. The fraction of sp³-hybridized carbons (Fsp3) is 0.211. The second-order valence-electron chi connectivity index (χ2n) is 5.50. The molecule has 0 unspecified atom stereocenters. The molecule has 0 aliphatic carbocycles. The lowest BCUT2D eigenvalue weighted by Gasteiger charge is -2.06. The highest BCUT2D eigenvalue weighted by atomic mass is 35.5. The number of H-pyrrole nitrogens is 1. The van der Waals surface area contributed by atoms with Gasteiger partial charge in [0.05, 0.1) is 13.0 Å². The maximum absolute atomic E-state index is 11.7. The smallest absolute Gasteiger partial charge is 0.310 e. The van der Waals surface area contributed by atoms with Crippen LogP contribution in [0.3, 0.4) is 0 Å². The van der Waals surface area contributed by atoms with Crippen LogP contribution in [0.1, 0.15) is 18.2 Å². The highest BCUT2D eigenvalue weighted by Gasteiger charge is 2.11. The first-order valence-corrected chi connectivity index (χ1v) is 8.96. The monoisotopic (exact) mass is 359 g/mol. The van der Waals surface area contributed by atoms with E-state index in [0.29, 0.717) is 13.0 Å². The van der Waals surface area contributed by atoms with Gasteiger partial charge in [-0.1, -0.05) is 41.6 Å². The molecule has 0 spiro atoms. The summed E-state index contributed by atoms with van der Waals surface area (Å²) in [6.45, 7) is 4.28. The van der Waals surface area contributed by atoms with Crippen molar-refractivity contribution in [2.45, 2.75) is 30.1 Å². The zero-order valence-corrected chi connectivity index (χ0v) is 15.1. The van der Waals surface area contributed by atoms with Gasteiger partial charge < -0.3 is 9.72 Å². The van der Waals surface area contributed by atoms with Gasteiger partial charge in [-0.2, -0.15) is 0 Å². The van der Waals surface area contributed by atoms with Gasteiger partial charge in [0.1, 0.15) is 0 Å². The predicted octanol–water partition coefficient (Wildman–Crippen LogP) is 5.39. The average Bonchev–Trinajstić information content (AvgIpc) is 2.83. The zero-order valence-electron chi connectivity index (χ0n) is 13.6. The lowest BCUT2D eigenvalue weighted by atomic mass is 10.1. The van der Waals surface area contributed by atoms with Gasteiger partial charge in [-0.25, -0.2) is 0 Å². The molecule has 0 radical (unpaired) electrons. The topological polar surface area (TPSA) is 42.1 Å². The van der Waals surface area contributed by atoms with Crippen molar-refractivity contribution in [3.63, 3.8) is 0 Å². The first-order valence-electron chi connectivity index (χ1n) is 7.77. The summed E-state index contributed by atoms with van der Waals surface area (Å²) in [7, 11) is 0. The number of carbonyl (C=O) groups is 1. The number of rotatable bonds is 5. The van der Waals surface area contributed by atoms with E-state index < -0.39 is 0 Å². The molecule has 0 atom stereocenters. The summed E-state index contributed by atoms with van der Waals surface area (Å²) in [6.07, 6.45) is 0.296. The van der Waals surface area contributed by atoms with Crippen LogP contribution in [0.5, 0.6) is 0 Å². The van der Waals surface area contributed by atoms with Crippen LogP contribution in [0.25, 0.3) is 10.9 Å². The Labute approximate surface area is 150 Å². The molecule has 3 nitrogen and oxygen atoms in total. The van der Waals surface area contributed by atoms with Crippen molar-refractivity contribution in [1.29, 1.82) is 0 Å². The summed E-state index contributed by atoms with van der Waals surface area (Å²) < 4.78 is 5.02. The lowest BCUT2D eigenvalue weighted by Crippen LogP contribution is -2.07. The van der Waals surface area contributed by atoms with E-state index >= 15 is 0 Å². The molecule has 2 aromatic carbocycles. The number of aromatic amines is 1. The number of hydrogen-bond acceptors (Lipinski definition) is 3. The van der Waals surface area contributed by atoms with E-state index in [-0.39, 0.29) is 5.97 Å². The van der Waals surface area contributed by atoms with E-state index in [4.69, 9.17) is 16.3 Å². The second-order valence-corrected chi connectivity index (χ2v) is 7.02. The number of halogens is 1. The first-order chi connectivity index (χ1) is 11.6. The van der Waals surface area contributed by atoms with Gasteiger partial charge >= 0.3 is 5.97 Å². The molecule has 0 saturated heterocycles. The third kappa shape index (κ3) is 3.77. The molecule has 0 bridgehead atoms. The SMILES string of the molecule is CCOC(=O)Cc1cccc(Sc2c(C)[nH]c3cc(Cl)ccc23)c1. The number of nitrogens with one attached hydrogen (secondary N) is 1. The Hall–Kier alpha value is -1.91. The number of ether oxygens (including phenoxy) is 1. The standard InChI is InChI=1S/C19H18ClNO2S/c1-3-23-18(22)10-13-5-4-6-15(9-13)24-19-12(2)21-17-11-14(20)7-8-16(17)19/h4-9,11,21H,3,10H2,1-2H3. The molecule has 1 aromatic heterocycles. The summed E-state index contributed by atoms with van der Waals surface area (Å²) >= 11 is 7.75. The molecule has 0 saturated carbocycles. The van der Waals surface area contributed by atoms with Crippen LogP contribution in [0, 0.1) is 6.92 Å². The molecule has 124 valence electrons. The second kappa shape index (κ2) is 7.32. The Balaban J connectivity index is 1.86. The number of fused-ring (bicyclic) bond motifs is 1. The van der Waals surface area contributed by atoms with Gasteiger partial charge in [-0.05, 0) is 43.7 Å². The highest BCUT2D eigenvalue weighted by Crippen LogP contribution is 2.37. The normalized spacial score (nSPS) is 11.0. The van der Waals surface area contributed by atoms with E-state index in [1.54, 1.807) is 11.8 Å². The quantitative estimate of drug-likeness (QED) is 0.621. The van der Waals surface area contributed by atoms with Crippen molar-refractivity contribution in [3.8, 4) is 0 Å². The summed E-state index contributed by atoms with van der Waals surface area (Å²) in [5.74, 6) is -0.197. The minimum absolute atomic E-state index is 0.197. The molecule has 3 rings (SSSR count). The van der Waals surface area contributed by atoms with Crippen LogP contribution < -0.4 is 0 Å². The molecule has 3 aromatic rings. The highest BCUT2D eigenvalue weighted by molar-refractivity contribution is 7.99. The largest absolute Gasteiger partial charge is 0.466 e. The lowest BCUT2D eigenvalue weighted by molar-refractivity contribution is -0.142. The van der Waals surface area contributed by atoms with E-state index in [1.807, 2.05) is 49.4 Å². The maximum Gasteiger partial charge on any atom is 0.310 e. The summed E-state index contributed by atoms with van der Waals surface area (Å²) in [6, 6.07) is 13.9. The molecule has 5 heteroatoms. The number of carbonyl (C=O) groups excluding carboxylic acids is 1. The average molecular weight is 360 g/mol. The fourth-order valence-corrected chi connectivity index (χ4v) is 3.88. The Morgan fingerprint density at radius 3 is 2.88 bits per heavy atom. The van der Waals surface area contributed by atoms with Crippen LogP contribution in [-0.4, -0.2) is 17.6 Å².